The highest BCUT2D eigenvalue weighted by Gasteiger charge is 2.05. The molecule has 0 fully saturated rings. The monoisotopic (exact) mass is 334 g/mol. The maximum absolute atomic E-state index is 11.7. The van der Waals surface area contributed by atoms with Gasteiger partial charge in [-0.25, -0.2) is 4.99 Å². The Balaban J connectivity index is 2.53. The summed E-state index contributed by atoms with van der Waals surface area (Å²) in [7, 11) is 5.13. The molecule has 6 heteroatoms. The summed E-state index contributed by atoms with van der Waals surface area (Å²) in [6, 6.07) is 8.01. The van der Waals surface area contributed by atoms with Crippen LogP contribution >= 0.6 is 0 Å². The van der Waals surface area contributed by atoms with Crippen molar-refractivity contribution in [2.75, 3.05) is 40.8 Å². The topological polar surface area (TPSA) is 66.0 Å². The number of hydrogen-bond donors (Lipinski definition) is 2. The number of benzene rings is 1. The van der Waals surface area contributed by atoms with Crippen molar-refractivity contribution in [1.29, 1.82) is 0 Å². The van der Waals surface area contributed by atoms with E-state index >= 15 is 0 Å². The Labute approximate surface area is 145 Å². The van der Waals surface area contributed by atoms with Gasteiger partial charge in [0.25, 0.3) is 0 Å². The second-order valence-electron chi connectivity index (χ2n) is 6.25. The Kier molecular flexibility index (Phi) is 8.68. The van der Waals surface area contributed by atoms with Gasteiger partial charge in [-0.3, -0.25) is 4.79 Å². The van der Waals surface area contributed by atoms with Gasteiger partial charge in [0.1, 0.15) is 12.3 Å². The van der Waals surface area contributed by atoms with Crippen molar-refractivity contribution in [3.63, 3.8) is 0 Å². The minimum Gasteiger partial charge on any atom is -0.497 e. The number of likely N-dealkylation sites (N-methyl/N-ethyl adjacent to an activating group) is 1. The van der Waals surface area contributed by atoms with Crippen LogP contribution in [0.5, 0.6) is 5.75 Å². The zero-order valence-corrected chi connectivity index (χ0v) is 15.4. The molecule has 0 aliphatic carbocycles. The molecule has 6 nitrogen and oxygen atoms in total. The Morgan fingerprint density at radius 3 is 2.42 bits per heavy atom. The largest absolute Gasteiger partial charge is 0.497 e. The third-order valence-corrected chi connectivity index (χ3v) is 3.41. The summed E-state index contributed by atoms with van der Waals surface area (Å²) in [6.07, 6.45) is 0.869. The molecule has 0 heterocycles. The number of ether oxygens (including phenoxy) is 1. The normalized spacial score (nSPS) is 11.3. The molecule has 0 aliphatic rings. The molecule has 0 aromatic heterocycles. The van der Waals surface area contributed by atoms with E-state index in [4.69, 9.17) is 4.74 Å². The molecule has 0 atom stereocenters. The van der Waals surface area contributed by atoms with Gasteiger partial charge >= 0.3 is 0 Å². The molecule has 0 radical (unpaired) electrons. The molecule has 1 amide bonds. The molecule has 0 saturated heterocycles. The van der Waals surface area contributed by atoms with Gasteiger partial charge in [-0.1, -0.05) is 26.0 Å². The Hall–Kier alpha value is -2.24. The zero-order valence-electron chi connectivity index (χ0n) is 15.4. The molecule has 0 aliphatic heterocycles. The molecule has 1 aromatic rings. The van der Waals surface area contributed by atoms with Gasteiger partial charge in [0.15, 0.2) is 5.96 Å². The summed E-state index contributed by atoms with van der Waals surface area (Å²) >= 11 is 0. The predicted octanol–water partition coefficient (Wildman–Crippen LogP) is 1.52. The Bertz CT molecular complexity index is 524. The van der Waals surface area contributed by atoms with Gasteiger partial charge in [-0.05, 0) is 30.0 Å². The molecular weight excluding hydrogens is 304 g/mol. The lowest BCUT2D eigenvalue weighted by Crippen LogP contribution is -2.41. The summed E-state index contributed by atoms with van der Waals surface area (Å²) in [6.45, 7) is 5.96. The lowest BCUT2D eigenvalue weighted by Gasteiger charge is -2.15. The van der Waals surface area contributed by atoms with Gasteiger partial charge in [-0.15, -0.1) is 0 Å². The van der Waals surface area contributed by atoms with Crippen molar-refractivity contribution < 1.29 is 9.53 Å². The van der Waals surface area contributed by atoms with Gasteiger partial charge in [0, 0.05) is 27.2 Å². The van der Waals surface area contributed by atoms with Crippen LogP contribution in [0.15, 0.2) is 29.3 Å². The van der Waals surface area contributed by atoms with E-state index in [1.165, 1.54) is 5.56 Å². The first-order valence-corrected chi connectivity index (χ1v) is 8.27. The van der Waals surface area contributed by atoms with E-state index in [0.29, 0.717) is 11.9 Å². The number of nitrogens with zero attached hydrogens (tertiary/aromatic N) is 2. The number of nitrogens with one attached hydrogen (secondary N) is 2. The second-order valence-corrected chi connectivity index (χ2v) is 6.25. The van der Waals surface area contributed by atoms with Gasteiger partial charge in [-0.2, -0.15) is 0 Å². The van der Waals surface area contributed by atoms with Crippen LogP contribution in [-0.4, -0.2) is 57.6 Å². The number of hydrogen-bond acceptors (Lipinski definition) is 3. The molecular formula is C18H30N4O2. The Morgan fingerprint density at radius 2 is 1.88 bits per heavy atom. The molecule has 24 heavy (non-hydrogen) atoms. The lowest BCUT2D eigenvalue weighted by molar-refractivity contribution is -0.127. The standard InChI is InChI=1S/C18H30N4O2/c1-14(2)12-20-18(21-13-17(23)22(3)4)19-11-10-15-6-8-16(24-5)9-7-15/h6-9,14H,10-13H2,1-5H3,(H2,19,20,21). The van der Waals surface area contributed by atoms with Crippen LogP contribution in [-0.2, 0) is 11.2 Å². The minimum atomic E-state index is -0.0178. The molecule has 134 valence electrons. The van der Waals surface area contributed by atoms with Crippen LogP contribution in [0.1, 0.15) is 19.4 Å². The number of methoxy groups -OCH3 is 1. The molecule has 1 rings (SSSR count). The smallest absolute Gasteiger partial charge is 0.243 e. The molecule has 2 N–H and O–H groups in total. The van der Waals surface area contributed by atoms with Crippen molar-refractivity contribution in [1.82, 2.24) is 15.5 Å². The zero-order chi connectivity index (χ0) is 17.9. The third kappa shape index (κ3) is 7.85. The second kappa shape index (κ2) is 10.5. The number of carbonyl (C=O) groups excluding carboxylic acids is 1. The fourth-order valence-corrected chi connectivity index (χ4v) is 1.88. The van der Waals surface area contributed by atoms with E-state index in [-0.39, 0.29) is 12.5 Å². The quantitative estimate of drug-likeness (QED) is 0.559. The van der Waals surface area contributed by atoms with Crippen molar-refractivity contribution >= 4 is 11.9 Å². The number of guanidine groups is 1. The van der Waals surface area contributed by atoms with E-state index in [1.54, 1.807) is 26.1 Å². The van der Waals surface area contributed by atoms with Crippen LogP contribution in [0.25, 0.3) is 0 Å². The van der Waals surface area contributed by atoms with E-state index in [9.17, 15) is 4.79 Å². The average Bonchev–Trinajstić information content (AvgIpc) is 2.56. The summed E-state index contributed by atoms with van der Waals surface area (Å²) in [4.78, 5) is 17.6. The maximum atomic E-state index is 11.7. The van der Waals surface area contributed by atoms with Crippen LogP contribution in [0, 0.1) is 5.92 Å². The van der Waals surface area contributed by atoms with Gasteiger partial charge < -0.3 is 20.3 Å². The fraction of sp³-hybridized carbons (Fsp3) is 0.556. The van der Waals surface area contributed by atoms with Crippen molar-refractivity contribution in [2.24, 2.45) is 10.9 Å². The van der Waals surface area contributed by atoms with Crippen LogP contribution in [0.3, 0.4) is 0 Å². The minimum absolute atomic E-state index is 0.0178. The summed E-state index contributed by atoms with van der Waals surface area (Å²) < 4.78 is 5.16. The highest BCUT2D eigenvalue weighted by atomic mass is 16.5. The van der Waals surface area contributed by atoms with Gasteiger partial charge in [0.2, 0.25) is 5.91 Å². The highest BCUT2D eigenvalue weighted by Crippen LogP contribution is 2.11. The third-order valence-electron chi connectivity index (χ3n) is 3.41. The molecule has 0 bridgehead atoms. The van der Waals surface area contributed by atoms with E-state index < -0.39 is 0 Å². The van der Waals surface area contributed by atoms with Crippen LogP contribution < -0.4 is 15.4 Å². The first-order valence-electron chi connectivity index (χ1n) is 8.27. The summed E-state index contributed by atoms with van der Waals surface area (Å²) in [5.41, 5.74) is 1.22. The lowest BCUT2D eigenvalue weighted by atomic mass is 10.1. The molecule has 0 spiro atoms. The van der Waals surface area contributed by atoms with Crippen LogP contribution in [0.2, 0.25) is 0 Å². The predicted molar refractivity (Wildman–Crippen MR) is 98.5 cm³/mol. The number of rotatable bonds is 8. The number of aliphatic imine (C=N–C) groups is 1. The SMILES string of the molecule is COc1ccc(CCNC(=NCC(=O)N(C)C)NCC(C)C)cc1. The number of carbonyl (C=O) groups is 1. The van der Waals surface area contributed by atoms with Crippen molar-refractivity contribution in [3.8, 4) is 5.75 Å². The Morgan fingerprint density at radius 1 is 1.21 bits per heavy atom. The van der Waals surface area contributed by atoms with E-state index in [1.807, 2.05) is 12.1 Å². The van der Waals surface area contributed by atoms with E-state index in [0.717, 1.165) is 25.3 Å². The van der Waals surface area contributed by atoms with Crippen molar-refractivity contribution in [2.45, 2.75) is 20.3 Å². The fourth-order valence-electron chi connectivity index (χ4n) is 1.88. The molecule has 1 aromatic carbocycles. The average molecular weight is 334 g/mol. The summed E-state index contributed by atoms with van der Waals surface area (Å²) in [5, 5.41) is 6.55. The first kappa shape index (κ1) is 19.8. The first-order chi connectivity index (χ1) is 11.4. The molecule has 0 unspecified atom stereocenters. The maximum Gasteiger partial charge on any atom is 0.243 e. The molecule has 0 saturated carbocycles. The van der Waals surface area contributed by atoms with Gasteiger partial charge in [0.05, 0.1) is 7.11 Å². The van der Waals surface area contributed by atoms with Crippen molar-refractivity contribution in [3.05, 3.63) is 29.8 Å². The van der Waals surface area contributed by atoms with Crippen LogP contribution in [0.4, 0.5) is 0 Å². The summed E-state index contributed by atoms with van der Waals surface area (Å²) in [5.74, 6) is 2.01. The number of amides is 1. The highest BCUT2D eigenvalue weighted by molar-refractivity contribution is 5.84. The van der Waals surface area contributed by atoms with E-state index in [2.05, 4.69) is 41.6 Å².